The fraction of sp³-hybridized carbons (Fsp3) is 0.630. The Morgan fingerprint density at radius 2 is 1.82 bits per heavy atom. The van der Waals surface area contributed by atoms with E-state index in [1.165, 1.54) is 42.7 Å². The number of carbonyl (C=O) groups excluding carboxylic acids is 1. The highest BCUT2D eigenvalue weighted by molar-refractivity contribution is 8.04. The molecular weight excluding hydrogens is 432 g/mol. The van der Waals surface area contributed by atoms with E-state index in [4.69, 9.17) is 14.5 Å². The first kappa shape index (κ1) is 25.7. The van der Waals surface area contributed by atoms with Crippen LogP contribution in [-0.2, 0) is 9.53 Å². The van der Waals surface area contributed by atoms with Gasteiger partial charge in [0.1, 0.15) is 5.75 Å². The van der Waals surface area contributed by atoms with E-state index in [0.29, 0.717) is 12.4 Å². The lowest BCUT2D eigenvalue weighted by Crippen LogP contribution is -2.34. The molecule has 6 heteroatoms. The molecule has 33 heavy (non-hydrogen) atoms. The normalized spacial score (nSPS) is 19.5. The molecular formula is C27H40N2O3S. The minimum absolute atomic E-state index is 0.0853. The van der Waals surface area contributed by atoms with Crippen LogP contribution in [0.2, 0.25) is 0 Å². The van der Waals surface area contributed by atoms with Gasteiger partial charge >= 0.3 is 5.97 Å². The Balaban J connectivity index is 1.60. The minimum atomic E-state index is -0.396. The molecule has 182 valence electrons. The number of esters is 1. The number of benzene rings is 1. The third-order valence-corrected chi connectivity index (χ3v) is 7.26. The van der Waals surface area contributed by atoms with Crippen molar-refractivity contribution in [2.45, 2.75) is 85.1 Å². The highest BCUT2D eigenvalue weighted by Gasteiger charge is 2.36. The number of allylic oxidation sites excluding steroid dienone is 2. The van der Waals surface area contributed by atoms with Crippen molar-refractivity contribution in [1.29, 1.82) is 0 Å². The molecule has 0 bridgehead atoms. The largest absolute Gasteiger partial charge is 0.494 e. The van der Waals surface area contributed by atoms with Crippen LogP contribution in [0.25, 0.3) is 0 Å². The van der Waals surface area contributed by atoms with E-state index in [1.807, 2.05) is 19.1 Å². The van der Waals surface area contributed by atoms with Gasteiger partial charge in [0, 0.05) is 22.0 Å². The second-order valence-electron chi connectivity index (χ2n) is 9.75. The van der Waals surface area contributed by atoms with Crippen LogP contribution in [0.5, 0.6) is 5.75 Å². The smallest absolute Gasteiger partial charge is 0.331 e. The zero-order valence-corrected chi connectivity index (χ0v) is 21.6. The summed E-state index contributed by atoms with van der Waals surface area (Å²) in [5.74, 6) is 1.34. The lowest BCUT2D eigenvalue weighted by atomic mass is 9.78. The fourth-order valence-corrected chi connectivity index (χ4v) is 5.46. The molecule has 0 spiro atoms. The van der Waals surface area contributed by atoms with Crippen LogP contribution in [0.1, 0.15) is 79.1 Å². The van der Waals surface area contributed by atoms with E-state index in [1.54, 1.807) is 11.8 Å². The van der Waals surface area contributed by atoms with Crippen molar-refractivity contribution in [3.8, 4) is 5.75 Å². The van der Waals surface area contributed by atoms with Gasteiger partial charge in [0.15, 0.2) is 6.04 Å². The maximum absolute atomic E-state index is 12.2. The summed E-state index contributed by atoms with van der Waals surface area (Å²) in [6, 6.07) is 7.85. The van der Waals surface area contributed by atoms with Crippen molar-refractivity contribution in [2.75, 3.05) is 24.3 Å². The van der Waals surface area contributed by atoms with Crippen LogP contribution >= 0.6 is 11.8 Å². The highest BCUT2D eigenvalue weighted by Crippen LogP contribution is 2.43. The average Bonchev–Trinajstić information content (AvgIpc) is 2.78. The monoisotopic (exact) mass is 472 g/mol. The van der Waals surface area contributed by atoms with Crippen LogP contribution in [0, 0.1) is 5.41 Å². The Morgan fingerprint density at radius 3 is 2.55 bits per heavy atom. The second-order valence-corrected chi connectivity index (χ2v) is 10.8. The van der Waals surface area contributed by atoms with Crippen molar-refractivity contribution in [1.82, 2.24) is 0 Å². The molecule has 2 aliphatic rings. The number of hydrogen-bond acceptors (Lipinski definition) is 6. The standard InChI is InChI=1S/C27H40N2O3S/c1-5-7-8-9-10-11-16-32-21-14-12-20(13-15-21)28-22-17-27(3,4)18-23-25(22)33-19-24(29-23)26(30)31-6-2/h12-15,24,28H,5-11,16-19H2,1-4H3. The second kappa shape index (κ2) is 12.5. The quantitative estimate of drug-likeness (QED) is 0.262. The fourth-order valence-electron chi connectivity index (χ4n) is 4.33. The van der Waals surface area contributed by atoms with Crippen molar-refractivity contribution in [3.05, 3.63) is 34.9 Å². The average molecular weight is 473 g/mol. The molecule has 1 unspecified atom stereocenters. The molecule has 1 heterocycles. The molecule has 0 aromatic heterocycles. The van der Waals surface area contributed by atoms with E-state index in [2.05, 4.69) is 38.2 Å². The van der Waals surface area contributed by atoms with E-state index in [0.717, 1.165) is 43.0 Å². The van der Waals surface area contributed by atoms with Gasteiger partial charge in [0.05, 0.1) is 18.9 Å². The van der Waals surface area contributed by atoms with Crippen LogP contribution in [0.3, 0.4) is 0 Å². The molecule has 1 aromatic rings. The maximum atomic E-state index is 12.2. The molecule has 1 aliphatic carbocycles. The number of nitrogens with zero attached hydrogens (tertiary/aromatic N) is 1. The third-order valence-electron chi connectivity index (χ3n) is 6.01. The molecule has 1 aliphatic heterocycles. The molecule has 0 radical (unpaired) electrons. The van der Waals surface area contributed by atoms with E-state index >= 15 is 0 Å². The highest BCUT2D eigenvalue weighted by atomic mass is 32.2. The van der Waals surface area contributed by atoms with Crippen LogP contribution in [0.4, 0.5) is 5.69 Å². The van der Waals surface area contributed by atoms with Gasteiger partial charge in [-0.2, -0.15) is 0 Å². The number of hydrogen-bond donors (Lipinski definition) is 1. The first-order valence-electron chi connectivity index (χ1n) is 12.5. The summed E-state index contributed by atoms with van der Waals surface area (Å²) < 4.78 is 11.1. The lowest BCUT2D eigenvalue weighted by Gasteiger charge is -2.36. The van der Waals surface area contributed by atoms with Crippen molar-refractivity contribution in [2.24, 2.45) is 10.4 Å². The molecule has 1 atom stereocenters. The summed E-state index contributed by atoms with van der Waals surface area (Å²) in [6.07, 6.45) is 9.44. The minimum Gasteiger partial charge on any atom is -0.494 e. The van der Waals surface area contributed by atoms with Gasteiger partial charge in [-0.1, -0.05) is 52.9 Å². The summed E-state index contributed by atoms with van der Waals surface area (Å²) >= 11 is 1.72. The Labute approximate surface area is 203 Å². The first-order valence-corrected chi connectivity index (χ1v) is 13.5. The molecule has 5 nitrogen and oxygen atoms in total. The summed E-state index contributed by atoms with van der Waals surface area (Å²) in [7, 11) is 0. The molecule has 1 aromatic carbocycles. The summed E-state index contributed by atoms with van der Waals surface area (Å²) in [5.41, 5.74) is 3.36. The molecule has 0 amide bonds. The van der Waals surface area contributed by atoms with Gasteiger partial charge in [-0.3, -0.25) is 4.99 Å². The van der Waals surface area contributed by atoms with Gasteiger partial charge in [0.25, 0.3) is 0 Å². The van der Waals surface area contributed by atoms with Crippen molar-refractivity contribution < 1.29 is 14.3 Å². The summed E-state index contributed by atoms with van der Waals surface area (Å²) in [5, 5.41) is 3.63. The lowest BCUT2D eigenvalue weighted by molar-refractivity contribution is -0.143. The Hall–Kier alpha value is -1.95. The number of aliphatic imine (C=N–C) groups is 1. The summed E-state index contributed by atoms with van der Waals surface area (Å²) in [4.78, 5) is 18.2. The molecule has 1 N–H and O–H groups in total. The van der Waals surface area contributed by atoms with E-state index in [9.17, 15) is 4.79 Å². The van der Waals surface area contributed by atoms with E-state index in [-0.39, 0.29) is 11.4 Å². The first-order chi connectivity index (χ1) is 15.9. The number of anilines is 1. The number of ether oxygens (including phenoxy) is 2. The van der Waals surface area contributed by atoms with Gasteiger partial charge in [-0.05, 0) is 55.9 Å². The van der Waals surface area contributed by atoms with Crippen LogP contribution < -0.4 is 10.1 Å². The van der Waals surface area contributed by atoms with Gasteiger partial charge in [-0.15, -0.1) is 11.8 Å². The number of thioether (sulfide) groups is 1. The Bertz CT molecular complexity index is 845. The summed E-state index contributed by atoms with van der Waals surface area (Å²) in [6.45, 7) is 9.77. The number of unbranched alkanes of at least 4 members (excludes halogenated alkanes) is 5. The predicted molar refractivity (Wildman–Crippen MR) is 139 cm³/mol. The molecule has 0 saturated heterocycles. The van der Waals surface area contributed by atoms with Gasteiger partial charge < -0.3 is 14.8 Å². The number of fused-ring (bicyclic) bond motifs is 1. The number of nitrogens with one attached hydrogen (secondary N) is 1. The van der Waals surface area contributed by atoms with Crippen molar-refractivity contribution >= 4 is 29.1 Å². The number of rotatable bonds is 12. The van der Waals surface area contributed by atoms with Gasteiger partial charge in [0.2, 0.25) is 0 Å². The molecule has 0 fully saturated rings. The zero-order valence-electron chi connectivity index (χ0n) is 20.7. The number of carbonyl (C=O) groups is 1. The molecule has 0 saturated carbocycles. The maximum Gasteiger partial charge on any atom is 0.331 e. The van der Waals surface area contributed by atoms with Crippen LogP contribution in [-0.4, -0.2) is 36.7 Å². The Morgan fingerprint density at radius 1 is 1.09 bits per heavy atom. The third kappa shape index (κ3) is 7.80. The van der Waals surface area contributed by atoms with E-state index < -0.39 is 6.04 Å². The van der Waals surface area contributed by atoms with Crippen molar-refractivity contribution in [3.63, 3.8) is 0 Å². The topological polar surface area (TPSA) is 59.9 Å². The predicted octanol–water partition coefficient (Wildman–Crippen LogP) is 6.99. The molecule has 3 rings (SSSR count). The van der Waals surface area contributed by atoms with Gasteiger partial charge in [-0.25, -0.2) is 4.79 Å². The van der Waals surface area contributed by atoms with Crippen LogP contribution in [0.15, 0.2) is 39.9 Å². The Kier molecular flexibility index (Phi) is 9.72. The SMILES string of the molecule is CCCCCCCCOc1ccc(NC2=C3SCC(C(=O)OCC)N=C3CC(C)(C)C2)cc1. The zero-order chi connectivity index (χ0) is 23.7.